The van der Waals surface area contributed by atoms with E-state index in [1.165, 1.54) is 12.0 Å². The molecular weight excluding hydrogens is 264 g/mol. The van der Waals surface area contributed by atoms with Crippen LogP contribution in [-0.2, 0) is 19.0 Å². The second-order valence-electron chi connectivity index (χ2n) is 6.38. The lowest BCUT2D eigenvalue weighted by Gasteiger charge is -2.49. The topological polar surface area (TPSA) is 91.1 Å². The minimum atomic E-state index is -0.719. The van der Waals surface area contributed by atoms with Crippen molar-refractivity contribution in [1.82, 2.24) is 4.90 Å². The predicted octanol–water partition coefficient (Wildman–Crippen LogP) is 0.123. The number of amides is 1. The highest BCUT2D eigenvalue weighted by Crippen LogP contribution is 2.40. The predicted molar refractivity (Wildman–Crippen MR) is 70.0 cm³/mol. The summed E-state index contributed by atoms with van der Waals surface area (Å²) in [7, 11) is 1.32. The van der Waals surface area contributed by atoms with Crippen LogP contribution >= 0.6 is 0 Å². The summed E-state index contributed by atoms with van der Waals surface area (Å²) in [6.07, 6.45) is -0.407. The van der Waals surface area contributed by atoms with Gasteiger partial charge in [-0.3, -0.25) is 4.79 Å². The van der Waals surface area contributed by atoms with Gasteiger partial charge in [0.25, 0.3) is 0 Å². The number of likely N-dealkylation sites (tertiary alicyclic amines) is 1. The normalized spacial score (nSPS) is 28.1. The maximum absolute atomic E-state index is 11.9. The van der Waals surface area contributed by atoms with Crippen LogP contribution in [0.3, 0.4) is 0 Å². The fourth-order valence-corrected chi connectivity index (χ4v) is 2.70. The summed E-state index contributed by atoms with van der Waals surface area (Å²) in [6, 6.07) is -0.400. The second-order valence-corrected chi connectivity index (χ2v) is 6.38. The Balaban J connectivity index is 2.00. The van der Waals surface area contributed by atoms with E-state index >= 15 is 0 Å². The number of methoxy groups -OCH3 is 1. The molecule has 2 aliphatic rings. The van der Waals surface area contributed by atoms with Crippen molar-refractivity contribution in [2.45, 2.75) is 38.0 Å². The molecule has 0 aliphatic carbocycles. The summed E-state index contributed by atoms with van der Waals surface area (Å²) in [5.41, 5.74) is 4.64. The van der Waals surface area contributed by atoms with E-state index in [9.17, 15) is 9.59 Å². The van der Waals surface area contributed by atoms with Crippen molar-refractivity contribution in [3.8, 4) is 0 Å². The van der Waals surface area contributed by atoms with Crippen molar-refractivity contribution >= 4 is 12.1 Å². The average molecular weight is 286 g/mol. The van der Waals surface area contributed by atoms with Gasteiger partial charge in [-0.2, -0.15) is 0 Å². The standard InChI is InChI=1S/C13H22N2O5/c1-12(2,3)20-11(17)15-6-13(7-15)9(10(16)18-4)8(14)5-19-13/h8-9H,5-7,14H2,1-4H3. The molecule has 2 rings (SSSR count). The Morgan fingerprint density at radius 1 is 1.35 bits per heavy atom. The molecule has 1 spiro atoms. The first-order valence-electron chi connectivity index (χ1n) is 6.64. The molecule has 0 aromatic heterocycles. The first-order chi connectivity index (χ1) is 9.18. The van der Waals surface area contributed by atoms with Gasteiger partial charge in [-0.05, 0) is 20.8 Å². The molecule has 0 saturated carbocycles. The number of carbonyl (C=O) groups excluding carboxylic acids is 2. The SMILES string of the molecule is COC(=O)C1C(N)COC12CN(C(=O)OC(C)(C)C)C2. The van der Waals surface area contributed by atoms with Gasteiger partial charge in [0, 0.05) is 6.04 Å². The zero-order valence-electron chi connectivity index (χ0n) is 12.3. The Hall–Kier alpha value is -1.34. The van der Waals surface area contributed by atoms with Crippen LogP contribution in [0.4, 0.5) is 4.79 Å². The first kappa shape index (κ1) is 15.1. The lowest BCUT2D eigenvalue weighted by atomic mass is 9.79. The van der Waals surface area contributed by atoms with Crippen LogP contribution in [0.2, 0.25) is 0 Å². The molecule has 2 unspecified atom stereocenters. The van der Waals surface area contributed by atoms with E-state index in [-0.39, 0.29) is 5.97 Å². The largest absolute Gasteiger partial charge is 0.469 e. The van der Waals surface area contributed by atoms with Gasteiger partial charge < -0.3 is 24.8 Å². The third-order valence-corrected chi connectivity index (χ3v) is 3.58. The van der Waals surface area contributed by atoms with Crippen molar-refractivity contribution in [2.24, 2.45) is 11.7 Å². The van der Waals surface area contributed by atoms with Crippen LogP contribution in [-0.4, -0.2) is 61.0 Å². The van der Waals surface area contributed by atoms with E-state index < -0.39 is 29.3 Å². The summed E-state index contributed by atoms with van der Waals surface area (Å²) in [6.45, 7) is 6.31. The lowest BCUT2D eigenvalue weighted by molar-refractivity contribution is -0.166. The molecule has 2 saturated heterocycles. The molecule has 20 heavy (non-hydrogen) atoms. The van der Waals surface area contributed by atoms with E-state index in [4.69, 9.17) is 19.9 Å². The number of ether oxygens (including phenoxy) is 3. The van der Waals surface area contributed by atoms with Crippen LogP contribution in [0.5, 0.6) is 0 Å². The molecule has 2 heterocycles. The summed E-state index contributed by atoms with van der Waals surface area (Å²) in [5.74, 6) is -0.926. The molecule has 0 aromatic rings. The molecule has 2 N–H and O–H groups in total. The minimum absolute atomic E-state index is 0.294. The fourth-order valence-electron chi connectivity index (χ4n) is 2.70. The Morgan fingerprint density at radius 3 is 2.45 bits per heavy atom. The van der Waals surface area contributed by atoms with Crippen molar-refractivity contribution in [3.63, 3.8) is 0 Å². The van der Waals surface area contributed by atoms with E-state index in [0.29, 0.717) is 19.7 Å². The molecule has 0 bridgehead atoms. The highest BCUT2D eigenvalue weighted by molar-refractivity contribution is 5.77. The molecule has 0 radical (unpaired) electrons. The number of rotatable bonds is 1. The number of carbonyl (C=O) groups is 2. The Morgan fingerprint density at radius 2 is 1.95 bits per heavy atom. The second kappa shape index (κ2) is 4.89. The molecule has 0 aromatic carbocycles. The molecule has 2 fully saturated rings. The zero-order chi connectivity index (χ0) is 15.1. The van der Waals surface area contributed by atoms with Gasteiger partial charge in [-0.25, -0.2) is 4.79 Å². The van der Waals surface area contributed by atoms with E-state index in [2.05, 4.69) is 0 Å². The van der Waals surface area contributed by atoms with Crippen molar-refractivity contribution in [3.05, 3.63) is 0 Å². The molecule has 2 atom stereocenters. The minimum Gasteiger partial charge on any atom is -0.469 e. The van der Waals surface area contributed by atoms with Crippen LogP contribution < -0.4 is 5.73 Å². The molecule has 7 heteroatoms. The number of hydrogen-bond acceptors (Lipinski definition) is 6. The quantitative estimate of drug-likeness (QED) is 0.689. The third-order valence-electron chi connectivity index (χ3n) is 3.58. The summed E-state index contributed by atoms with van der Waals surface area (Å²) < 4.78 is 15.7. The molecular formula is C13H22N2O5. The van der Waals surface area contributed by atoms with Gasteiger partial charge in [0.2, 0.25) is 0 Å². The lowest BCUT2D eigenvalue weighted by Crippen LogP contribution is -2.68. The molecule has 114 valence electrons. The third kappa shape index (κ3) is 2.60. The van der Waals surface area contributed by atoms with Gasteiger partial charge in [-0.1, -0.05) is 0 Å². The summed E-state index contributed by atoms with van der Waals surface area (Å²) in [4.78, 5) is 25.2. The number of esters is 1. The maximum Gasteiger partial charge on any atom is 0.410 e. The monoisotopic (exact) mass is 286 g/mol. The molecule has 2 aliphatic heterocycles. The van der Waals surface area contributed by atoms with Crippen LogP contribution in [0.15, 0.2) is 0 Å². The van der Waals surface area contributed by atoms with Crippen molar-refractivity contribution in [2.75, 3.05) is 26.8 Å². The molecule has 7 nitrogen and oxygen atoms in total. The Kier molecular flexibility index (Phi) is 3.68. The highest BCUT2D eigenvalue weighted by atomic mass is 16.6. The van der Waals surface area contributed by atoms with E-state index in [1.807, 2.05) is 0 Å². The molecule has 1 amide bonds. The van der Waals surface area contributed by atoms with Gasteiger partial charge in [0.05, 0.1) is 26.8 Å². The maximum atomic E-state index is 11.9. The van der Waals surface area contributed by atoms with Crippen molar-refractivity contribution < 1.29 is 23.8 Å². The van der Waals surface area contributed by atoms with Crippen molar-refractivity contribution in [1.29, 1.82) is 0 Å². The van der Waals surface area contributed by atoms with Crippen LogP contribution in [0.1, 0.15) is 20.8 Å². The van der Waals surface area contributed by atoms with Gasteiger partial charge in [0.1, 0.15) is 17.1 Å². The highest BCUT2D eigenvalue weighted by Gasteiger charge is 2.61. The number of hydrogen-bond donors (Lipinski definition) is 1. The Labute approximate surface area is 118 Å². The van der Waals surface area contributed by atoms with Gasteiger partial charge in [0.15, 0.2) is 0 Å². The van der Waals surface area contributed by atoms with Gasteiger partial charge in [-0.15, -0.1) is 0 Å². The Bertz CT molecular complexity index is 411. The fraction of sp³-hybridized carbons (Fsp3) is 0.846. The average Bonchev–Trinajstić information content (AvgIpc) is 2.61. The summed E-state index contributed by atoms with van der Waals surface area (Å²) in [5, 5.41) is 0. The van der Waals surface area contributed by atoms with E-state index in [0.717, 1.165) is 0 Å². The number of nitrogens with zero attached hydrogens (tertiary/aromatic N) is 1. The van der Waals surface area contributed by atoms with Gasteiger partial charge >= 0.3 is 12.1 Å². The van der Waals surface area contributed by atoms with Crippen LogP contribution in [0.25, 0.3) is 0 Å². The smallest absolute Gasteiger partial charge is 0.410 e. The summed E-state index contributed by atoms with van der Waals surface area (Å²) >= 11 is 0. The van der Waals surface area contributed by atoms with Crippen LogP contribution in [0, 0.1) is 5.92 Å². The van der Waals surface area contributed by atoms with E-state index in [1.54, 1.807) is 20.8 Å². The zero-order valence-corrected chi connectivity index (χ0v) is 12.3. The first-order valence-corrected chi connectivity index (χ1v) is 6.64. The number of nitrogens with two attached hydrogens (primary N) is 1.